The lowest BCUT2D eigenvalue weighted by molar-refractivity contribution is 0.358. The van der Waals surface area contributed by atoms with Gasteiger partial charge in [-0.05, 0) is 75.4 Å². The van der Waals surface area contributed by atoms with Crippen LogP contribution in [-0.4, -0.2) is 35.2 Å². The Morgan fingerprint density at radius 2 is 2.09 bits per heavy atom. The third-order valence-corrected chi connectivity index (χ3v) is 5.83. The molecule has 22 heavy (non-hydrogen) atoms. The Hall–Kier alpha value is -1.11. The first-order chi connectivity index (χ1) is 10.4. The van der Waals surface area contributed by atoms with Gasteiger partial charge in [-0.3, -0.25) is 0 Å². The lowest BCUT2D eigenvalue weighted by Crippen LogP contribution is -2.33. The average molecular weight is 326 g/mol. The number of ether oxygens (including phenoxy) is 1. The zero-order valence-electron chi connectivity index (χ0n) is 13.6. The Morgan fingerprint density at radius 1 is 1.32 bits per heavy atom. The first kappa shape index (κ1) is 17.2. The zero-order valence-corrected chi connectivity index (χ0v) is 14.4. The number of hydrogen-bond donors (Lipinski definition) is 2. The van der Waals surface area contributed by atoms with Crippen molar-refractivity contribution < 1.29 is 13.2 Å². The maximum atomic E-state index is 12.5. The molecule has 1 fully saturated rings. The van der Waals surface area contributed by atoms with Crippen molar-refractivity contribution in [3.05, 3.63) is 23.3 Å². The highest BCUT2D eigenvalue weighted by atomic mass is 32.2. The maximum Gasteiger partial charge on any atom is 0.240 e. The molecular formula is C16H26N2O3S. The molecule has 0 saturated carbocycles. The molecule has 1 atom stereocenters. The van der Waals surface area contributed by atoms with E-state index in [9.17, 15) is 8.42 Å². The van der Waals surface area contributed by atoms with Crippen LogP contribution < -0.4 is 14.8 Å². The van der Waals surface area contributed by atoms with Crippen molar-refractivity contribution in [2.75, 3.05) is 26.7 Å². The van der Waals surface area contributed by atoms with Crippen molar-refractivity contribution in [3.8, 4) is 5.75 Å². The van der Waals surface area contributed by atoms with E-state index in [1.807, 2.05) is 6.92 Å². The van der Waals surface area contributed by atoms with Crippen LogP contribution in [0.1, 0.15) is 30.4 Å². The number of sulfonamides is 1. The van der Waals surface area contributed by atoms with Crippen LogP contribution in [-0.2, 0) is 10.0 Å². The summed E-state index contributed by atoms with van der Waals surface area (Å²) in [5, 5.41) is 3.35. The highest BCUT2D eigenvalue weighted by Gasteiger charge is 2.19. The summed E-state index contributed by atoms with van der Waals surface area (Å²) in [5.74, 6) is 1.28. The second-order valence-electron chi connectivity index (χ2n) is 5.99. The SMILES string of the molecule is COc1cc(C)c(S(=O)(=O)NCCC2CCCNC2)cc1C. The predicted molar refractivity (Wildman–Crippen MR) is 87.9 cm³/mol. The Labute approximate surface area is 133 Å². The van der Waals surface area contributed by atoms with E-state index < -0.39 is 10.0 Å². The van der Waals surface area contributed by atoms with Crippen LogP contribution in [0.5, 0.6) is 5.75 Å². The van der Waals surface area contributed by atoms with Crippen LogP contribution in [0, 0.1) is 19.8 Å². The van der Waals surface area contributed by atoms with Crippen molar-refractivity contribution in [2.45, 2.75) is 38.0 Å². The van der Waals surface area contributed by atoms with Crippen molar-refractivity contribution in [1.29, 1.82) is 0 Å². The second kappa shape index (κ2) is 7.44. The van der Waals surface area contributed by atoms with Crippen molar-refractivity contribution >= 4 is 10.0 Å². The van der Waals surface area contributed by atoms with Gasteiger partial charge >= 0.3 is 0 Å². The highest BCUT2D eigenvalue weighted by Crippen LogP contribution is 2.25. The van der Waals surface area contributed by atoms with Gasteiger partial charge in [0.2, 0.25) is 10.0 Å². The molecule has 5 nitrogen and oxygen atoms in total. The normalized spacial score (nSPS) is 19.1. The monoisotopic (exact) mass is 326 g/mol. The Morgan fingerprint density at radius 3 is 2.73 bits per heavy atom. The second-order valence-corrected chi connectivity index (χ2v) is 7.72. The van der Waals surface area contributed by atoms with Crippen LogP contribution in [0.15, 0.2) is 17.0 Å². The predicted octanol–water partition coefficient (Wildman–Crippen LogP) is 1.98. The highest BCUT2D eigenvalue weighted by molar-refractivity contribution is 7.89. The largest absolute Gasteiger partial charge is 0.496 e. The molecule has 2 N–H and O–H groups in total. The lowest BCUT2D eigenvalue weighted by Gasteiger charge is -2.22. The van der Waals surface area contributed by atoms with E-state index in [2.05, 4.69) is 10.0 Å². The zero-order chi connectivity index (χ0) is 16.2. The number of hydrogen-bond acceptors (Lipinski definition) is 4. The van der Waals surface area contributed by atoms with E-state index in [4.69, 9.17) is 4.74 Å². The summed E-state index contributed by atoms with van der Waals surface area (Å²) in [6, 6.07) is 3.45. The van der Waals surface area contributed by atoms with Gasteiger partial charge in [0, 0.05) is 6.54 Å². The topological polar surface area (TPSA) is 67.4 Å². The van der Waals surface area contributed by atoms with E-state index >= 15 is 0 Å². The molecule has 6 heteroatoms. The Kier molecular flexibility index (Phi) is 5.83. The summed E-state index contributed by atoms with van der Waals surface area (Å²) in [7, 11) is -1.88. The molecule has 1 saturated heterocycles. The molecule has 2 rings (SSSR count). The van der Waals surface area contributed by atoms with Crippen molar-refractivity contribution in [3.63, 3.8) is 0 Å². The molecule has 0 spiro atoms. The lowest BCUT2D eigenvalue weighted by atomic mass is 9.96. The van der Waals surface area contributed by atoms with E-state index in [1.165, 1.54) is 12.8 Å². The van der Waals surface area contributed by atoms with E-state index in [1.54, 1.807) is 26.2 Å². The summed E-state index contributed by atoms with van der Waals surface area (Å²) < 4.78 is 32.9. The number of benzene rings is 1. The van der Waals surface area contributed by atoms with E-state index in [0.717, 1.165) is 25.1 Å². The standard InChI is InChI=1S/C16H26N2O3S/c1-12-10-16(13(2)9-15(12)21-3)22(19,20)18-8-6-14-5-4-7-17-11-14/h9-10,14,17-18H,4-8,11H2,1-3H3. The first-order valence-corrected chi connectivity index (χ1v) is 9.28. The minimum Gasteiger partial charge on any atom is -0.496 e. The summed E-state index contributed by atoms with van der Waals surface area (Å²) >= 11 is 0. The molecule has 1 heterocycles. The average Bonchev–Trinajstić information content (AvgIpc) is 2.50. The smallest absolute Gasteiger partial charge is 0.240 e. The van der Waals surface area contributed by atoms with Gasteiger partial charge in [-0.2, -0.15) is 0 Å². The molecule has 124 valence electrons. The summed E-state index contributed by atoms with van der Waals surface area (Å²) in [5.41, 5.74) is 1.53. The number of rotatable bonds is 6. The fourth-order valence-corrected chi connectivity index (χ4v) is 4.28. The number of nitrogens with one attached hydrogen (secondary N) is 2. The number of methoxy groups -OCH3 is 1. The van der Waals surface area contributed by atoms with Gasteiger partial charge in [-0.1, -0.05) is 0 Å². The molecule has 0 radical (unpaired) electrons. The van der Waals surface area contributed by atoms with Crippen LogP contribution in [0.3, 0.4) is 0 Å². The molecule has 0 amide bonds. The van der Waals surface area contributed by atoms with Gasteiger partial charge in [0.1, 0.15) is 5.75 Å². The van der Waals surface area contributed by atoms with Crippen molar-refractivity contribution in [2.24, 2.45) is 5.92 Å². The molecule has 1 unspecified atom stereocenters. The van der Waals surface area contributed by atoms with Gasteiger partial charge in [0.15, 0.2) is 0 Å². The third-order valence-electron chi connectivity index (χ3n) is 4.23. The van der Waals surface area contributed by atoms with Crippen LogP contribution in [0.4, 0.5) is 0 Å². The third kappa shape index (κ3) is 4.21. The molecule has 0 aromatic heterocycles. The molecule has 1 aromatic carbocycles. The quantitative estimate of drug-likeness (QED) is 0.839. The summed E-state index contributed by atoms with van der Waals surface area (Å²) in [6.07, 6.45) is 3.23. The number of piperidine rings is 1. The summed E-state index contributed by atoms with van der Waals surface area (Å²) in [6.45, 7) is 6.20. The van der Waals surface area contributed by atoms with Gasteiger partial charge in [0.05, 0.1) is 12.0 Å². The van der Waals surface area contributed by atoms with E-state index in [-0.39, 0.29) is 0 Å². The van der Waals surface area contributed by atoms with E-state index in [0.29, 0.717) is 28.7 Å². The van der Waals surface area contributed by atoms with Gasteiger partial charge in [0.25, 0.3) is 0 Å². The molecule has 1 aromatic rings. The molecule has 0 aliphatic carbocycles. The number of aryl methyl sites for hydroxylation is 2. The van der Waals surface area contributed by atoms with Crippen LogP contribution in [0.2, 0.25) is 0 Å². The minimum atomic E-state index is -3.47. The molecule has 0 bridgehead atoms. The maximum absolute atomic E-state index is 12.5. The van der Waals surface area contributed by atoms with Gasteiger partial charge in [-0.15, -0.1) is 0 Å². The molecule has 1 aliphatic heterocycles. The first-order valence-electron chi connectivity index (χ1n) is 7.79. The molecular weight excluding hydrogens is 300 g/mol. The fraction of sp³-hybridized carbons (Fsp3) is 0.625. The van der Waals surface area contributed by atoms with Crippen LogP contribution >= 0.6 is 0 Å². The minimum absolute atomic E-state index is 0.340. The Bertz CT molecular complexity index is 608. The van der Waals surface area contributed by atoms with Gasteiger partial charge in [-0.25, -0.2) is 13.1 Å². The fourth-order valence-electron chi connectivity index (χ4n) is 2.92. The van der Waals surface area contributed by atoms with Gasteiger partial charge < -0.3 is 10.1 Å². The van der Waals surface area contributed by atoms with Crippen LogP contribution in [0.25, 0.3) is 0 Å². The molecule has 1 aliphatic rings. The Balaban J connectivity index is 2.02. The summed E-state index contributed by atoms with van der Waals surface area (Å²) in [4.78, 5) is 0.340. The van der Waals surface area contributed by atoms with Crippen molar-refractivity contribution in [1.82, 2.24) is 10.0 Å².